The zero-order valence-corrected chi connectivity index (χ0v) is 19.6. The van der Waals surface area contributed by atoms with Gasteiger partial charge in [-0.2, -0.15) is 0 Å². The van der Waals surface area contributed by atoms with E-state index in [-0.39, 0.29) is 24.6 Å². The van der Waals surface area contributed by atoms with Gasteiger partial charge in [0.25, 0.3) is 0 Å². The Labute approximate surface area is 198 Å². The molecule has 2 aliphatic carbocycles. The number of aliphatic carboxylic acids is 1. The number of carboxylic acids is 1. The van der Waals surface area contributed by atoms with Gasteiger partial charge in [-0.3, -0.25) is 9.69 Å². The predicted octanol–water partition coefficient (Wildman–Crippen LogP) is 4.38. The molecule has 2 aliphatic rings. The van der Waals surface area contributed by atoms with Gasteiger partial charge < -0.3 is 19.9 Å². The molecule has 0 bridgehead atoms. The van der Waals surface area contributed by atoms with Gasteiger partial charge in [-0.15, -0.1) is 0 Å². The highest BCUT2D eigenvalue weighted by Gasteiger charge is 2.39. The van der Waals surface area contributed by atoms with Crippen LogP contribution in [0.15, 0.2) is 48.5 Å². The lowest BCUT2D eigenvalue weighted by atomic mass is 9.85. The highest BCUT2D eigenvalue weighted by atomic mass is 16.6. The summed E-state index contributed by atoms with van der Waals surface area (Å²) in [5.41, 5.74) is 3.82. The molecule has 4 rings (SSSR count). The van der Waals surface area contributed by atoms with Gasteiger partial charge in [0.05, 0.1) is 0 Å². The maximum absolute atomic E-state index is 12.9. The predicted molar refractivity (Wildman–Crippen MR) is 126 cm³/mol. The highest BCUT2D eigenvalue weighted by Crippen LogP contribution is 2.44. The molecular weight excluding hydrogens is 436 g/mol. The summed E-state index contributed by atoms with van der Waals surface area (Å²) in [4.78, 5) is 37.6. The van der Waals surface area contributed by atoms with Crippen molar-refractivity contribution in [2.75, 3.05) is 13.2 Å². The van der Waals surface area contributed by atoms with Crippen LogP contribution in [-0.2, 0) is 14.3 Å². The Balaban J connectivity index is 1.38. The first-order valence-corrected chi connectivity index (χ1v) is 11.5. The number of nitrogens with one attached hydrogen (secondary N) is 1. The van der Waals surface area contributed by atoms with E-state index in [0.29, 0.717) is 12.8 Å². The van der Waals surface area contributed by atoms with Crippen LogP contribution in [-0.4, -0.2) is 59.0 Å². The number of amides is 2. The fourth-order valence-corrected chi connectivity index (χ4v) is 4.60. The van der Waals surface area contributed by atoms with Crippen molar-refractivity contribution in [3.63, 3.8) is 0 Å². The summed E-state index contributed by atoms with van der Waals surface area (Å²) < 4.78 is 10.9. The average Bonchev–Trinajstić information content (AvgIpc) is 3.05. The Morgan fingerprint density at radius 2 is 1.56 bits per heavy atom. The molecule has 0 heterocycles. The zero-order chi connectivity index (χ0) is 24.5. The van der Waals surface area contributed by atoms with Gasteiger partial charge in [0, 0.05) is 18.0 Å². The Hall–Kier alpha value is -3.55. The molecule has 8 heteroatoms. The average molecular weight is 467 g/mol. The topological polar surface area (TPSA) is 105 Å². The summed E-state index contributed by atoms with van der Waals surface area (Å²) in [6, 6.07) is 15.5. The van der Waals surface area contributed by atoms with Crippen LogP contribution in [0, 0.1) is 0 Å². The Bertz CT molecular complexity index is 1040. The van der Waals surface area contributed by atoms with E-state index in [0.717, 1.165) is 22.3 Å². The van der Waals surface area contributed by atoms with E-state index >= 15 is 0 Å². The number of carbonyl (C=O) groups excluding carboxylic acids is 2. The first kappa shape index (κ1) is 23.6. The number of rotatable bonds is 6. The van der Waals surface area contributed by atoms with Gasteiger partial charge in [-0.25, -0.2) is 9.59 Å². The number of alkyl carbamates (subject to hydrolysis) is 1. The van der Waals surface area contributed by atoms with E-state index in [2.05, 4.69) is 17.4 Å². The fourth-order valence-electron chi connectivity index (χ4n) is 4.60. The largest absolute Gasteiger partial charge is 0.480 e. The van der Waals surface area contributed by atoms with Crippen molar-refractivity contribution in [1.82, 2.24) is 10.2 Å². The molecule has 2 aromatic rings. The summed E-state index contributed by atoms with van der Waals surface area (Å²) in [5, 5.41) is 12.1. The van der Waals surface area contributed by atoms with E-state index < -0.39 is 30.3 Å². The number of hydrogen-bond donors (Lipinski definition) is 2. The van der Waals surface area contributed by atoms with Gasteiger partial charge >= 0.3 is 18.2 Å². The quantitative estimate of drug-likeness (QED) is 0.655. The SMILES string of the molecule is CC(C)(C)OC(=O)NC1CC(N(CC(=O)O)C(=O)OCC2c3ccccc3-c3ccccc32)C1. The van der Waals surface area contributed by atoms with Crippen molar-refractivity contribution < 1.29 is 29.0 Å². The molecule has 1 saturated carbocycles. The molecule has 2 amide bonds. The molecule has 180 valence electrons. The van der Waals surface area contributed by atoms with Gasteiger partial charge in [-0.05, 0) is 55.9 Å². The minimum absolute atomic E-state index is 0.106. The molecule has 0 spiro atoms. The Kier molecular flexibility index (Phi) is 6.50. The minimum Gasteiger partial charge on any atom is -0.480 e. The summed E-state index contributed by atoms with van der Waals surface area (Å²) in [5.74, 6) is -1.22. The molecule has 34 heavy (non-hydrogen) atoms. The second kappa shape index (κ2) is 9.37. The summed E-state index contributed by atoms with van der Waals surface area (Å²) in [6.45, 7) is 5.00. The van der Waals surface area contributed by atoms with E-state index in [9.17, 15) is 19.5 Å². The maximum atomic E-state index is 12.9. The molecule has 0 unspecified atom stereocenters. The van der Waals surface area contributed by atoms with Crippen molar-refractivity contribution in [1.29, 1.82) is 0 Å². The zero-order valence-electron chi connectivity index (χ0n) is 19.6. The second-order valence-corrected chi connectivity index (χ2v) is 9.79. The monoisotopic (exact) mass is 466 g/mol. The second-order valence-electron chi connectivity index (χ2n) is 9.79. The van der Waals surface area contributed by atoms with Crippen LogP contribution in [0.4, 0.5) is 9.59 Å². The van der Waals surface area contributed by atoms with Crippen LogP contribution in [0.2, 0.25) is 0 Å². The minimum atomic E-state index is -1.11. The maximum Gasteiger partial charge on any atom is 0.410 e. The molecule has 2 N–H and O–H groups in total. The number of benzene rings is 2. The lowest BCUT2D eigenvalue weighted by molar-refractivity contribution is -0.139. The van der Waals surface area contributed by atoms with Crippen LogP contribution < -0.4 is 5.32 Å². The Morgan fingerprint density at radius 3 is 2.09 bits per heavy atom. The van der Waals surface area contributed by atoms with Crippen molar-refractivity contribution >= 4 is 18.2 Å². The molecule has 0 saturated heterocycles. The van der Waals surface area contributed by atoms with E-state index in [4.69, 9.17) is 9.47 Å². The number of nitrogens with zero attached hydrogens (tertiary/aromatic N) is 1. The van der Waals surface area contributed by atoms with E-state index in [1.807, 2.05) is 36.4 Å². The third kappa shape index (κ3) is 5.16. The first-order valence-electron chi connectivity index (χ1n) is 11.5. The lowest BCUT2D eigenvalue weighted by Gasteiger charge is -2.41. The molecular formula is C26H30N2O6. The smallest absolute Gasteiger partial charge is 0.410 e. The van der Waals surface area contributed by atoms with E-state index in [1.54, 1.807) is 20.8 Å². The molecule has 0 aliphatic heterocycles. The molecule has 0 aromatic heterocycles. The number of fused-ring (bicyclic) bond motifs is 3. The number of carbonyl (C=O) groups is 3. The normalized spacial score (nSPS) is 18.8. The van der Waals surface area contributed by atoms with E-state index in [1.165, 1.54) is 4.90 Å². The van der Waals surface area contributed by atoms with Crippen molar-refractivity contribution in [2.24, 2.45) is 0 Å². The number of ether oxygens (including phenoxy) is 2. The van der Waals surface area contributed by atoms with Crippen molar-refractivity contribution in [2.45, 2.75) is 57.2 Å². The molecule has 0 radical (unpaired) electrons. The lowest BCUT2D eigenvalue weighted by Crippen LogP contribution is -2.57. The number of carboxylic acid groups (broad SMARTS) is 1. The van der Waals surface area contributed by atoms with Crippen LogP contribution in [0.1, 0.15) is 50.7 Å². The van der Waals surface area contributed by atoms with Gasteiger partial charge in [0.1, 0.15) is 18.8 Å². The number of hydrogen-bond acceptors (Lipinski definition) is 5. The summed E-state index contributed by atoms with van der Waals surface area (Å²) in [6.07, 6.45) is -0.306. The van der Waals surface area contributed by atoms with Crippen LogP contribution >= 0.6 is 0 Å². The first-order chi connectivity index (χ1) is 16.1. The van der Waals surface area contributed by atoms with Crippen molar-refractivity contribution in [3.05, 3.63) is 59.7 Å². The summed E-state index contributed by atoms with van der Waals surface area (Å²) in [7, 11) is 0. The summed E-state index contributed by atoms with van der Waals surface area (Å²) >= 11 is 0. The molecule has 8 nitrogen and oxygen atoms in total. The van der Waals surface area contributed by atoms with Gasteiger partial charge in [0.15, 0.2) is 0 Å². The molecule has 1 fully saturated rings. The molecule has 0 atom stereocenters. The standard InChI is InChI=1S/C26H30N2O6/c1-26(2,3)34-24(31)27-16-12-17(13-16)28(14-23(29)30)25(32)33-15-22-20-10-6-4-8-18(20)19-9-5-7-11-21(19)22/h4-11,16-17,22H,12-15H2,1-3H3,(H,27,31)(H,29,30). The Morgan fingerprint density at radius 1 is 1.00 bits per heavy atom. The van der Waals surface area contributed by atoms with Crippen LogP contribution in [0.25, 0.3) is 11.1 Å². The fraction of sp³-hybridized carbons (Fsp3) is 0.423. The highest BCUT2D eigenvalue weighted by molar-refractivity contribution is 5.80. The molecule has 2 aromatic carbocycles. The van der Waals surface area contributed by atoms with Crippen LogP contribution in [0.5, 0.6) is 0 Å². The van der Waals surface area contributed by atoms with Gasteiger partial charge in [0.2, 0.25) is 0 Å². The van der Waals surface area contributed by atoms with Crippen molar-refractivity contribution in [3.8, 4) is 11.1 Å². The third-order valence-corrected chi connectivity index (χ3v) is 6.15. The third-order valence-electron chi connectivity index (χ3n) is 6.15. The van der Waals surface area contributed by atoms with Crippen LogP contribution in [0.3, 0.4) is 0 Å². The van der Waals surface area contributed by atoms with Gasteiger partial charge in [-0.1, -0.05) is 48.5 Å².